The second-order valence-corrected chi connectivity index (χ2v) is 6.40. The average Bonchev–Trinajstić information content (AvgIpc) is 2.41. The van der Waals surface area contributed by atoms with E-state index in [2.05, 4.69) is 31.3 Å². The Kier molecular flexibility index (Phi) is 4.43. The molecule has 2 rings (SSSR count). The Labute approximate surface area is 130 Å². The van der Waals surface area contributed by atoms with Crippen LogP contribution in [-0.4, -0.2) is 9.97 Å². The van der Waals surface area contributed by atoms with Gasteiger partial charge in [-0.05, 0) is 18.2 Å². The standard InChI is InChI=1S/C14H16BrFN4O/c1-14(2,3)13-18-11(20-17)7-12(19-13)21-10-6-8(15)4-5-9(10)16/h4-7H,17H2,1-3H3,(H,18,19,20). The molecule has 1 aromatic heterocycles. The maximum absolute atomic E-state index is 13.7. The molecule has 0 fully saturated rings. The van der Waals surface area contributed by atoms with Gasteiger partial charge in [0.15, 0.2) is 11.6 Å². The molecule has 1 heterocycles. The van der Waals surface area contributed by atoms with E-state index in [1.165, 1.54) is 18.2 Å². The molecule has 2 aromatic rings. The first-order chi connectivity index (χ1) is 9.79. The van der Waals surface area contributed by atoms with Crippen LogP contribution < -0.4 is 16.0 Å². The number of hydrogen-bond acceptors (Lipinski definition) is 5. The summed E-state index contributed by atoms with van der Waals surface area (Å²) in [4.78, 5) is 8.58. The van der Waals surface area contributed by atoms with Crippen LogP contribution in [0.2, 0.25) is 0 Å². The summed E-state index contributed by atoms with van der Waals surface area (Å²) in [7, 11) is 0. The smallest absolute Gasteiger partial charge is 0.224 e. The van der Waals surface area contributed by atoms with Crippen molar-refractivity contribution < 1.29 is 9.13 Å². The van der Waals surface area contributed by atoms with E-state index in [1.54, 1.807) is 6.07 Å². The molecular weight excluding hydrogens is 339 g/mol. The lowest BCUT2D eigenvalue weighted by Gasteiger charge is -2.18. The first-order valence-corrected chi connectivity index (χ1v) is 7.08. The average molecular weight is 355 g/mol. The molecular formula is C14H16BrFN4O. The number of hydrogen-bond donors (Lipinski definition) is 2. The second kappa shape index (κ2) is 5.95. The molecule has 112 valence electrons. The minimum Gasteiger partial charge on any atom is -0.436 e. The maximum atomic E-state index is 13.7. The first-order valence-electron chi connectivity index (χ1n) is 6.28. The number of nitrogen functional groups attached to an aromatic ring is 1. The van der Waals surface area contributed by atoms with Gasteiger partial charge in [-0.1, -0.05) is 36.7 Å². The molecule has 0 aliphatic carbocycles. The minimum atomic E-state index is -0.476. The topological polar surface area (TPSA) is 73.1 Å². The molecule has 0 unspecified atom stereocenters. The highest BCUT2D eigenvalue weighted by atomic mass is 79.9. The van der Waals surface area contributed by atoms with E-state index in [1.807, 2.05) is 20.8 Å². The molecule has 0 bridgehead atoms. The highest BCUT2D eigenvalue weighted by Gasteiger charge is 2.20. The van der Waals surface area contributed by atoms with E-state index in [-0.39, 0.29) is 17.0 Å². The molecule has 7 heteroatoms. The summed E-state index contributed by atoms with van der Waals surface area (Å²) in [6.07, 6.45) is 0. The fourth-order valence-corrected chi connectivity index (χ4v) is 1.89. The van der Waals surface area contributed by atoms with Crippen LogP contribution in [0.25, 0.3) is 0 Å². The predicted octanol–water partition coefficient (Wildman–Crippen LogP) is 3.75. The van der Waals surface area contributed by atoms with Crippen molar-refractivity contribution in [3.8, 4) is 11.6 Å². The van der Waals surface area contributed by atoms with Crippen LogP contribution in [0.3, 0.4) is 0 Å². The van der Waals surface area contributed by atoms with Gasteiger partial charge in [0.25, 0.3) is 0 Å². The van der Waals surface area contributed by atoms with Crippen molar-refractivity contribution in [2.24, 2.45) is 5.84 Å². The summed E-state index contributed by atoms with van der Waals surface area (Å²) in [5.41, 5.74) is 2.17. The van der Waals surface area contributed by atoms with E-state index >= 15 is 0 Å². The molecule has 1 aromatic carbocycles. The molecule has 3 N–H and O–H groups in total. The summed E-state index contributed by atoms with van der Waals surface area (Å²) < 4.78 is 20.0. The number of nitrogens with zero attached hydrogens (tertiary/aromatic N) is 2. The van der Waals surface area contributed by atoms with Crippen molar-refractivity contribution in [1.82, 2.24) is 9.97 Å². The van der Waals surface area contributed by atoms with Crippen LogP contribution >= 0.6 is 15.9 Å². The van der Waals surface area contributed by atoms with Crippen molar-refractivity contribution in [1.29, 1.82) is 0 Å². The zero-order valence-corrected chi connectivity index (χ0v) is 13.5. The van der Waals surface area contributed by atoms with Gasteiger partial charge < -0.3 is 10.2 Å². The first kappa shape index (κ1) is 15.7. The number of ether oxygens (including phenoxy) is 1. The van der Waals surface area contributed by atoms with Gasteiger partial charge in [0.1, 0.15) is 11.6 Å². The fraction of sp³-hybridized carbons (Fsp3) is 0.286. The van der Waals surface area contributed by atoms with Gasteiger partial charge in [0.2, 0.25) is 5.88 Å². The Bertz CT molecular complexity index is 658. The monoisotopic (exact) mass is 354 g/mol. The lowest BCUT2D eigenvalue weighted by Crippen LogP contribution is -2.19. The van der Waals surface area contributed by atoms with Crippen LogP contribution in [0.5, 0.6) is 11.6 Å². The zero-order chi connectivity index (χ0) is 15.6. The number of nitrogens with one attached hydrogen (secondary N) is 1. The summed E-state index contributed by atoms with van der Waals surface area (Å²) in [5.74, 6) is 6.17. The molecule has 0 radical (unpaired) electrons. The maximum Gasteiger partial charge on any atom is 0.224 e. The number of hydrazine groups is 1. The summed E-state index contributed by atoms with van der Waals surface area (Å²) in [6, 6.07) is 5.95. The van der Waals surface area contributed by atoms with E-state index in [0.29, 0.717) is 16.1 Å². The quantitative estimate of drug-likeness (QED) is 0.648. The Morgan fingerprint density at radius 3 is 2.57 bits per heavy atom. The van der Waals surface area contributed by atoms with Crippen LogP contribution in [0.4, 0.5) is 10.2 Å². The summed E-state index contributed by atoms with van der Waals surface area (Å²) >= 11 is 3.27. The number of halogens is 2. The number of aromatic nitrogens is 2. The third-order valence-corrected chi connectivity index (χ3v) is 3.12. The number of rotatable bonds is 3. The normalized spacial score (nSPS) is 11.3. The highest BCUT2D eigenvalue weighted by molar-refractivity contribution is 9.10. The van der Waals surface area contributed by atoms with Gasteiger partial charge in [-0.2, -0.15) is 4.98 Å². The summed E-state index contributed by atoms with van der Waals surface area (Å²) in [5, 5.41) is 0. The van der Waals surface area contributed by atoms with Crippen molar-refractivity contribution in [2.45, 2.75) is 26.2 Å². The van der Waals surface area contributed by atoms with Gasteiger partial charge in [0, 0.05) is 16.0 Å². The Morgan fingerprint density at radius 1 is 1.24 bits per heavy atom. The van der Waals surface area contributed by atoms with Crippen molar-refractivity contribution in [2.75, 3.05) is 5.43 Å². The highest BCUT2D eigenvalue weighted by Crippen LogP contribution is 2.29. The zero-order valence-electron chi connectivity index (χ0n) is 11.9. The molecule has 0 saturated heterocycles. The van der Waals surface area contributed by atoms with E-state index in [4.69, 9.17) is 10.6 Å². The Morgan fingerprint density at radius 2 is 1.95 bits per heavy atom. The third kappa shape index (κ3) is 3.89. The van der Waals surface area contributed by atoms with Gasteiger partial charge in [-0.3, -0.25) is 0 Å². The van der Waals surface area contributed by atoms with E-state index < -0.39 is 5.82 Å². The van der Waals surface area contributed by atoms with Crippen LogP contribution in [-0.2, 0) is 5.41 Å². The third-order valence-electron chi connectivity index (χ3n) is 2.63. The molecule has 0 amide bonds. The number of benzene rings is 1. The summed E-state index contributed by atoms with van der Waals surface area (Å²) in [6.45, 7) is 5.89. The van der Waals surface area contributed by atoms with Gasteiger partial charge in [-0.25, -0.2) is 15.2 Å². The lowest BCUT2D eigenvalue weighted by molar-refractivity contribution is 0.417. The van der Waals surface area contributed by atoms with E-state index in [9.17, 15) is 4.39 Å². The second-order valence-electron chi connectivity index (χ2n) is 5.49. The SMILES string of the molecule is CC(C)(C)c1nc(NN)cc(Oc2cc(Br)ccc2F)n1. The molecule has 0 saturated carbocycles. The van der Waals surface area contributed by atoms with Crippen molar-refractivity contribution in [3.63, 3.8) is 0 Å². The molecule has 0 atom stereocenters. The fourth-order valence-electron chi connectivity index (χ4n) is 1.55. The van der Waals surface area contributed by atoms with Gasteiger partial charge in [0.05, 0.1) is 0 Å². The van der Waals surface area contributed by atoms with Gasteiger partial charge in [-0.15, -0.1) is 0 Å². The molecule has 0 aliphatic heterocycles. The molecule has 0 aliphatic rings. The van der Waals surface area contributed by atoms with Crippen molar-refractivity contribution in [3.05, 3.63) is 40.4 Å². The Hall–Kier alpha value is -1.73. The molecule has 21 heavy (non-hydrogen) atoms. The van der Waals surface area contributed by atoms with E-state index in [0.717, 1.165) is 0 Å². The largest absolute Gasteiger partial charge is 0.436 e. The van der Waals surface area contributed by atoms with Gasteiger partial charge >= 0.3 is 0 Å². The van der Waals surface area contributed by atoms with Crippen LogP contribution in [0.15, 0.2) is 28.7 Å². The lowest BCUT2D eigenvalue weighted by atomic mass is 9.96. The van der Waals surface area contributed by atoms with Crippen molar-refractivity contribution >= 4 is 21.7 Å². The number of anilines is 1. The van der Waals surface area contributed by atoms with Crippen LogP contribution in [0, 0.1) is 5.82 Å². The van der Waals surface area contributed by atoms with Crippen LogP contribution in [0.1, 0.15) is 26.6 Å². The number of nitrogens with two attached hydrogens (primary N) is 1. The molecule has 5 nitrogen and oxygen atoms in total. The Balaban J connectivity index is 2.42. The predicted molar refractivity (Wildman–Crippen MR) is 82.7 cm³/mol. The minimum absolute atomic E-state index is 0.0749. The molecule has 0 spiro atoms.